The second kappa shape index (κ2) is 7.13. The largest absolute Gasteiger partial charge is 0.495 e. The van der Waals surface area contributed by atoms with Gasteiger partial charge in [0.2, 0.25) is 5.91 Å². The molecule has 0 saturated heterocycles. The number of anilines is 2. The van der Waals surface area contributed by atoms with Crippen molar-refractivity contribution < 1.29 is 17.9 Å². The predicted octanol–water partition coefficient (Wildman–Crippen LogP) is 3.74. The van der Waals surface area contributed by atoms with Gasteiger partial charge in [0.15, 0.2) is 0 Å². The summed E-state index contributed by atoms with van der Waals surface area (Å²) in [6.07, 6.45) is 0.760. The van der Waals surface area contributed by atoms with Crippen molar-refractivity contribution in [1.82, 2.24) is 0 Å². The minimum atomic E-state index is -3.84. The fourth-order valence-corrected chi connectivity index (χ4v) is 4.57. The van der Waals surface area contributed by atoms with E-state index >= 15 is 0 Å². The number of fused-ring (bicyclic) bond motifs is 1. The Balaban J connectivity index is 1.95. The number of rotatable bonds is 4. The molecular formula is C21H26N2O4S. The molecule has 0 aromatic heterocycles. The molecule has 1 N–H and O–H groups in total. The molecule has 0 fully saturated rings. The fourth-order valence-electron chi connectivity index (χ4n) is 3.26. The Hall–Kier alpha value is -2.54. The number of methoxy groups -OCH3 is 1. The Morgan fingerprint density at radius 1 is 1.14 bits per heavy atom. The average Bonchev–Trinajstić information content (AvgIpc) is 3.03. The summed E-state index contributed by atoms with van der Waals surface area (Å²) in [5.41, 5.74) is 2.52. The highest BCUT2D eigenvalue weighted by atomic mass is 32.2. The van der Waals surface area contributed by atoms with Crippen LogP contribution in [0.4, 0.5) is 11.4 Å². The van der Waals surface area contributed by atoms with E-state index in [0.29, 0.717) is 12.2 Å². The first kappa shape index (κ1) is 20.2. The zero-order valence-corrected chi connectivity index (χ0v) is 17.7. The third-order valence-electron chi connectivity index (χ3n) is 4.73. The Morgan fingerprint density at radius 3 is 2.50 bits per heavy atom. The van der Waals surface area contributed by atoms with Crippen LogP contribution in [0, 0.1) is 12.3 Å². The number of hydrogen-bond donors (Lipinski definition) is 1. The summed E-state index contributed by atoms with van der Waals surface area (Å²) in [5.74, 6) is 0.301. The molecule has 1 amide bonds. The van der Waals surface area contributed by atoms with E-state index in [9.17, 15) is 13.2 Å². The van der Waals surface area contributed by atoms with E-state index in [1.165, 1.54) is 7.11 Å². The van der Waals surface area contributed by atoms with E-state index < -0.39 is 15.4 Å². The number of aryl methyl sites for hydroxylation is 1. The van der Waals surface area contributed by atoms with Gasteiger partial charge in [-0.05, 0) is 48.7 Å². The maximum Gasteiger partial charge on any atom is 0.265 e. The second-order valence-electron chi connectivity index (χ2n) is 8.06. The van der Waals surface area contributed by atoms with E-state index in [1.54, 1.807) is 35.2 Å². The molecule has 0 spiro atoms. The predicted molar refractivity (Wildman–Crippen MR) is 110 cm³/mol. The molecule has 1 aliphatic heterocycles. The third kappa shape index (κ3) is 3.85. The molecule has 0 bridgehead atoms. The Kier molecular flexibility index (Phi) is 5.14. The minimum Gasteiger partial charge on any atom is -0.495 e. The summed E-state index contributed by atoms with van der Waals surface area (Å²) in [7, 11) is -2.40. The van der Waals surface area contributed by atoms with Crippen molar-refractivity contribution in [3.8, 4) is 5.75 Å². The van der Waals surface area contributed by atoms with Crippen molar-refractivity contribution in [2.45, 2.75) is 39.0 Å². The summed E-state index contributed by atoms with van der Waals surface area (Å²) in [4.78, 5) is 14.6. The van der Waals surface area contributed by atoms with Crippen LogP contribution in [0.3, 0.4) is 0 Å². The molecule has 1 heterocycles. The zero-order valence-electron chi connectivity index (χ0n) is 16.9. The molecule has 0 unspecified atom stereocenters. The third-order valence-corrected chi connectivity index (χ3v) is 6.13. The molecule has 2 aromatic carbocycles. The van der Waals surface area contributed by atoms with Gasteiger partial charge >= 0.3 is 0 Å². The van der Waals surface area contributed by atoms with Crippen LogP contribution in [0.25, 0.3) is 0 Å². The highest BCUT2D eigenvalue weighted by Crippen LogP contribution is 2.35. The Labute approximate surface area is 166 Å². The van der Waals surface area contributed by atoms with E-state index in [-0.39, 0.29) is 16.6 Å². The SMILES string of the molecule is COc1ccc(C)cc1S(=O)(=O)Nc1ccc2c(c1)N(C(=O)C(C)(C)C)CC2. The lowest BCUT2D eigenvalue weighted by Crippen LogP contribution is -2.38. The highest BCUT2D eigenvalue weighted by molar-refractivity contribution is 7.92. The van der Waals surface area contributed by atoms with Crippen LogP contribution in [0.2, 0.25) is 0 Å². The number of amides is 1. The monoisotopic (exact) mass is 402 g/mol. The number of hydrogen-bond acceptors (Lipinski definition) is 4. The first-order valence-electron chi connectivity index (χ1n) is 9.15. The van der Waals surface area contributed by atoms with Crippen LogP contribution < -0.4 is 14.4 Å². The number of nitrogens with zero attached hydrogens (tertiary/aromatic N) is 1. The maximum absolute atomic E-state index is 12.9. The number of sulfonamides is 1. The molecule has 1 aliphatic rings. The fraction of sp³-hybridized carbons (Fsp3) is 0.381. The van der Waals surface area contributed by atoms with Crippen molar-refractivity contribution in [2.24, 2.45) is 5.41 Å². The number of benzene rings is 2. The van der Waals surface area contributed by atoms with Gasteiger partial charge in [0, 0.05) is 17.6 Å². The standard InChI is InChI=1S/C21H26N2O4S/c1-14-6-9-18(27-5)19(12-14)28(25,26)22-16-8-7-15-10-11-23(17(15)13-16)20(24)21(2,3)4/h6-9,12-13,22H,10-11H2,1-5H3. The summed E-state index contributed by atoms with van der Waals surface area (Å²) in [5, 5.41) is 0. The van der Waals surface area contributed by atoms with Gasteiger partial charge < -0.3 is 9.64 Å². The summed E-state index contributed by atoms with van der Waals surface area (Å²) >= 11 is 0. The molecule has 6 nitrogen and oxygen atoms in total. The molecule has 7 heteroatoms. The lowest BCUT2D eigenvalue weighted by Gasteiger charge is -2.26. The van der Waals surface area contributed by atoms with Crippen LogP contribution in [0.15, 0.2) is 41.3 Å². The van der Waals surface area contributed by atoms with Crippen molar-refractivity contribution in [3.05, 3.63) is 47.5 Å². The van der Waals surface area contributed by atoms with E-state index in [1.807, 2.05) is 33.8 Å². The first-order valence-corrected chi connectivity index (χ1v) is 10.6. The van der Waals surface area contributed by atoms with Crippen molar-refractivity contribution in [2.75, 3.05) is 23.3 Å². The smallest absolute Gasteiger partial charge is 0.265 e. The summed E-state index contributed by atoms with van der Waals surface area (Å²) in [6.45, 7) is 8.06. The van der Waals surface area contributed by atoms with Gasteiger partial charge in [-0.25, -0.2) is 8.42 Å². The molecule has 28 heavy (non-hydrogen) atoms. The lowest BCUT2D eigenvalue weighted by atomic mass is 9.94. The van der Waals surface area contributed by atoms with E-state index in [4.69, 9.17) is 4.74 Å². The van der Waals surface area contributed by atoms with E-state index in [2.05, 4.69) is 4.72 Å². The van der Waals surface area contributed by atoms with Crippen molar-refractivity contribution in [3.63, 3.8) is 0 Å². The molecule has 0 radical (unpaired) electrons. The van der Waals surface area contributed by atoms with Gasteiger partial charge in [-0.1, -0.05) is 32.9 Å². The molecular weight excluding hydrogens is 376 g/mol. The van der Waals surface area contributed by atoms with Gasteiger partial charge in [0.05, 0.1) is 12.8 Å². The molecule has 0 atom stereocenters. The van der Waals surface area contributed by atoms with Gasteiger partial charge in [0.25, 0.3) is 10.0 Å². The Morgan fingerprint density at radius 2 is 1.86 bits per heavy atom. The van der Waals surface area contributed by atoms with Crippen LogP contribution in [0.5, 0.6) is 5.75 Å². The van der Waals surface area contributed by atoms with E-state index in [0.717, 1.165) is 23.2 Å². The average molecular weight is 403 g/mol. The zero-order chi connectivity index (χ0) is 20.7. The summed E-state index contributed by atoms with van der Waals surface area (Å²) < 4.78 is 33.7. The quantitative estimate of drug-likeness (QED) is 0.845. The van der Waals surface area contributed by atoms with Gasteiger partial charge in [-0.2, -0.15) is 0 Å². The lowest BCUT2D eigenvalue weighted by molar-refractivity contribution is -0.125. The van der Waals surface area contributed by atoms with Crippen molar-refractivity contribution in [1.29, 1.82) is 0 Å². The molecule has 2 aromatic rings. The van der Waals surface area contributed by atoms with Crippen molar-refractivity contribution >= 4 is 27.3 Å². The van der Waals surface area contributed by atoms with Crippen LogP contribution in [0.1, 0.15) is 31.9 Å². The number of carbonyl (C=O) groups is 1. The maximum atomic E-state index is 12.9. The normalized spacial score (nSPS) is 14.0. The number of carbonyl (C=O) groups excluding carboxylic acids is 1. The van der Waals surface area contributed by atoms with Crippen LogP contribution in [-0.2, 0) is 21.2 Å². The Bertz CT molecular complexity index is 1020. The summed E-state index contributed by atoms with van der Waals surface area (Å²) in [6, 6.07) is 10.3. The molecule has 3 rings (SSSR count). The van der Waals surface area contributed by atoms with Crippen LogP contribution in [-0.4, -0.2) is 28.0 Å². The highest BCUT2D eigenvalue weighted by Gasteiger charge is 2.32. The molecule has 0 saturated carbocycles. The number of nitrogens with one attached hydrogen (secondary N) is 1. The number of ether oxygens (including phenoxy) is 1. The minimum absolute atomic E-state index is 0.0200. The molecule has 150 valence electrons. The van der Waals surface area contributed by atoms with Gasteiger partial charge in [-0.3, -0.25) is 9.52 Å². The van der Waals surface area contributed by atoms with Gasteiger partial charge in [0.1, 0.15) is 10.6 Å². The second-order valence-corrected chi connectivity index (χ2v) is 9.71. The first-order chi connectivity index (χ1) is 13.0. The van der Waals surface area contributed by atoms with Gasteiger partial charge in [-0.15, -0.1) is 0 Å². The van der Waals surface area contributed by atoms with Crippen LogP contribution >= 0.6 is 0 Å². The topological polar surface area (TPSA) is 75.7 Å². The molecule has 0 aliphatic carbocycles.